The molecule has 126 valence electrons. The summed E-state index contributed by atoms with van der Waals surface area (Å²) in [6.45, 7) is 2.25. The summed E-state index contributed by atoms with van der Waals surface area (Å²) in [6.07, 6.45) is 1.53. The van der Waals surface area contributed by atoms with Crippen molar-refractivity contribution in [3.8, 4) is 0 Å². The van der Waals surface area contributed by atoms with Gasteiger partial charge in [-0.2, -0.15) is 0 Å². The van der Waals surface area contributed by atoms with E-state index < -0.39 is 0 Å². The van der Waals surface area contributed by atoms with Crippen LogP contribution in [0.4, 0.5) is 0 Å². The van der Waals surface area contributed by atoms with Crippen molar-refractivity contribution in [3.63, 3.8) is 0 Å². The van der Waals surface area contributed by atoms with E-state index in [1.807, 2.05) is 35.2 Å². The topological polar surface area (TPSA) is 67.9 Å². The number of methoxy groups -OCH3 is 1. The summed E-state index contributed by atoms with van der Waals surface area (Å²) in [5, 5.41) is 2.95. The average Bonchev–Trinajstić information content (AvgIpc) is 2.59. The lowest BCUT2D eigenvalue weighted by atomic mass is 10.0. The molecule has 23 heavy (non-hydrogen) atoms. The third-order valence-corrected chi connectivity index (χ3v) is 3.83. The SMILES string of the molecule is COCCOCC(=O)NC1CCN(C(=O)c2ccccc2)CC1. The zero-order valence-corrected chi connectivity index (χ0v) is 13.5. The fraction of sp³-hybridized carbons (Fsp3) is 0.529. The molecule has 6 heteroatoms. The van der Waals surface area contributed by atoms with E-state index in [4.69, 9.17) is 9.47 Å². The van der Waals surface area contributed by atoms with Crippen molar-refractivity contribution in [1.82, 2.24) is 10.2 Å². The molecule has 1 saturated heterocycles. The molecule has 2 rings (SSSR count). The van der Waals surface area contributed by atoms with Crippen molar-refractivity contribution in [2.45, 2.75) is 18.9 Å². The first-order chi connectivity index (χ1) is 11.2. The number of hydrogen-bond acceptors (Lipinski definition) is 4. The highest BCUT2D eigenvalue weighted by molar-refractivity contribution is 5.94. The summed E-state index contributed by atoms with van der Waals surface area (Å²) in [7, 11) is 1.59. The Balaban J connectivity index is 1.69. The second-order valence-electron chi connectivity index (χ2n) is 5.55. The number of benzene rings is 1. The molecule has 0 aliphatic carbocycles. The van der Waals surface area contributed by atoms with E-state index in [0.717, 1.165) is 12.8 Å². The van der Waals surface area contributed by atoms with Gasteiger partial charge in [0.2, 0.25) is 5.91 Å². The third-order valence-electron chi connectivity index (χ3n) is 3.83. The summed E-state index contributed by atoms with van der Waals surface area (Å²) >= 11 is 0. The maximum Gasteiger partial charge on any atom is 0.253 e. The van der Waals surface area contributed by atoms with Gasteiger partial charge in [-0.15, -0.1) is 0 Å². The first-order valence-electron chi connectivity index (χ1n) is 7.91. The number of carbonyl (C=O) groups is 2. The predicted octanol–water partition coefficient (Wildman–Crippen LogP) is 1.07. The molecule has 0 aromatic heterocycles. The van der Waals surface area contributed by atoms with Gasteiger partial charge in [0.1, 0.15) is 6.61 Å². The Morgan fingerprint density at radius 3 is 2.52 bits per heavy atom. The van der Waals surface area contributed by atoms with Crippen molar-refractivity contribution in [3.05, 3.63) is 35.9 Å². The van der Waals surface area contributed by atoms with Gasteiger partial charge in [0.15, 0.2) is 0 Å². The molecule has 1 aliphatic heterocycles. The normalized spacial score (nSPS) is 15.4. The van der Waals surface area contributed by atoms with Gasteiger partial charge in [0, 0.05) is 31.8 Å². The minimum atomic E-state index is -0.117. The summed E-state index contributed by atoms with van der Waals surface area (Å²) in [4.78, 5) is 25.9. The molecule has 0 bridgehead atoms. The minimum absolute atomic E-state index is 0.0481. The number of nitrogens with zero attached hydrogens (tertiary/aromatic N) is 1. The predicted molar refractivity (Wildman–Crippen MR) is 86.2 cm³/mol. The highest BCUT2D eigenvalue weighted by Gasteiger charge is 2.24. The molecule has 1 aliphatic rings. The van der Waals surface area contributed by atoms with Gasteiger partial charge in [-0.05, 0) is 25.0 Å². The highest BCUT2D eigenvalue weighted by Crippen LogP contribution is 2.14. The molecule has 0 saturated carbocycles. The number of carbonyl (C=O) groups excluding carboxylic acids is 2. The van der Waals surface area contributed by atoms with E-state index in [1.165, 1.54) is 0 Å². The van der Waals surface area contributed by atoms with Crippen LogP contribution < -0.4 is 5.32 Å². The average molecular weight is 320 g/mol. The van der Waals surface area contributed by atoms with Crippen LogP contribution in [0.25, 0.3) is 0 Å². The van der Waals surface area contributed by atoms with E-state index in [9.17, 15) is 9.59 Å². The smallest absolute Gasteiger partial charge is 0.253 e. The maximum atomic E-state index is 12.3. The first-order valence-corrected chi connectivity index (χ1v) is 7.91. The largest absolute Gasteiger partial charge is 0.382 e. The van der Waals surface area contributed by atoms with Gasteiger partial charge in [0.25, 0.3) is 5.91 Å². The Bertz CT molecular complexity index is 499. The van der Waals surface area contributed by atoms with E-state index in [0.29, 0.717) is 31.9 Å². The maximum absolute atomic E-state index is 12.3. The zero-order valence-electron chi connectivity index (χ0n) is 13.5. The van der Waals surface area contributed by atoms with Gasteiger partial charge in [-0.1, -0.05) is 18.2 Å². The Morgan fingerprint density at radius 2 is 1.87 bits per heavy atom. The zero-order chi connectivity index (χ0) is 16.5. The van der Waals surface area contributed by atoms with E-state index in [2.05, 4.69) is 5.32 Å². The number of likely N-dealkylation sites (tertiary alicyclic amines) is 1. The number of ether oxygens (including phenoxy) is 2. The molecule has 1 aromatic carbocycles. The number of hydrogen-bond donors (Lipinski definition) is 1. The second kappa shape index (κ2) is 9.27. The van der Waals surface area contributed by atoms with Crippen LogP contribution in [0.5, 0.6) is 0 Å². The van der Waals surface area contributed by atoms with E-state index in [1.54, 1.807) is 7.11 Å². The quantitative estimate of drug-likeness (QED) is 0.763. The first kappa shape index (κ1) is 17.4. The molecule has 1 fully saturated rings. The standard InChI is InChI=1S/C17H24N2O4/c1-22-11-12-23-13-16(20)18-15-7-9-19(10-8-15)17(21)14-5-3-2-4-6-14/h2-6,15H,7-13H2,1H3,(H,18,20). The Kier molecular flexibility index (Phi) is 7.03. The van der Waals surface area contributed by atoms with Crippen LogP contribution >= 0.6 is 0 Å². The summed E-state index contributed by atoms with van der Waals surface area (Å²) in [5.74, 6) is -0.0628. The van der Waals surface area contributed by atoms with Gasteiger partial charge in [0.05, 0.1) is 13.2 Å². The Hall–Kier alpha value is -1.92. The second-order valence-corrected chi connectivity index (χ2v) is 5.55. The number of rotatable bonds is 7. The molecule has 1 N–H and O–H groups in total. The molecule has 0 unspecified atom stereocenters. The van der Waals surface area contributed by atoms with Gasteiger partial charge < -0.3 is 19.7 Å². The van der Waals surface area contributed by atoms with Crippen LogP contribution in [0, 0.1) is 0 Å². The van der Waals surface area contributed by atoms with Crippen molar-refractivity contribution in [1.29, 1.82) is 0 Å². The fourth-order valence-electron chi connectivity index (χ4n) is 2.57. The van der Waals surface area contributed by atoms with E-state index >= 15 is 0 Å². The lowest BCUT2D eigenvalue weighted by molar-refractivity contribution is -0.127. The van der Waals surface area contributed by atoms with Crippen LogP contribution in [-0.2, 0) is 14.3 Å². The number of amides is 2. The molecular weight excluding hydrogens is 296 g/mol. The van der Waals surface area contributed by atoms with Crippen LogP contribution in [0.15, 0.2) is 30.3 Å². The van der Waals surface area contributed by atoms with Crippen molar-refractivity contribution < 1.29 is 19.1 Å². The van der Waals surface area contributed by atoms with Crippen LogP contribution in [-0.4, -0.2) is 62.8 Å². The lowest BCUT2D eigenvalue weighted by Gasteiger charge is -2.32. The molecular formula is C17H24N2O4. The number of piperidine rings is 1. The van der Waals surface area contributed by atoms with Crippen LogP contribution in [0.1, 0.15) is 23.2 Å². The molecule has 1 aromatic rings. The summed E-state index contributed by atoms with van der Waals surface area (Å²) in [5.41, 5.74) is 0.710. The molecule has 1 heterocycles. The summed E-state index contributed by atoms with van der Waals surface area (Å²) in [6, 6.07) is 9.38. The third kappa shape index (κ3) is 5.65. The lowest BCUT2D eigenvalue weighted by Crippen LogP contribution is -2.47. The highest BCUT2D eigenvalue weighted by atomic mass is 16.5. The molecule has 6 nitrogen and oxygen atoms in total. The van der Waals surface area contributed by atoms with Crippen molar-refractivity contribution >= 4 is 11.8 Å². The van der Waals surface area contributed by atoms with Gasteiger partial charge in [-0.25, -0.2) is 0 Å². The Morgan fingerprint density at radius 1 is 1.17 bits per heavy atom. The summed E-state index contributed by atoms with van der Waals surface area (Å²) < 4.78 is 10.0. The van der Waals surface area contributed by atoms with Crippen LogP contribution in [0.3, 0.4) is 0 Å². The van der Waals surface area contributed by atoms with Gasteiger partial charge in [-0.3, -0.25) is 9.59 Å². The monoisotopic (exact) mass is 320 g/mol. The molecule has 0 radical (unpaired) electrons. The van der Waals surface area contributed by atoms with Crippen LogP contribution in [0.2, 0.25) is 0 Å². The molecule has 0 atom stereocenters. The van der Waals surface area contributed by atoms with Gasteiger partial charge >= 0.3 is 0 Å². The van der Waals surface area contributed by atoms with E-state index in [-0.39, 0.29) is 24.5 Å². The fourth-order valence-corrected chi connectivity index (χ4v) is 2.57. The van der Waals surface area contributed by atoms with Crippen molar-refractivity contribution in [2.75, 3.05) is 40.0 Å². The molecule has 0 spiro atoms. The number of nitrogens with one attached hydrogen (secondary N) is 1. The molecule has 2 amide bonds. The minimum Gasteiger partial charge on any atom is -0.382 e. The van der Waals surface area contributed by atoms with Crippen molar-refractivity contribution in [2.24, 2.45) is 0 Å². The Labute approximate surface area is 136 Å².